The zero-order valence-electron chi connectivity index (χ0n) is 9.97. The summed E-state index contributed by atoms with van der Waals surface area (Å²) >= 11 is 0. The number of nitrogens with zero attached hydrogens (tertiary/aromatic N) is 1. The molecule has 2 heterocycles. The predicted molar refractivity (Wildman–Crippen MR) is 58.4 cm³/mol. The molecule has 2 aliphatic rings. The van der Waals surface area contributed by atoms with Crippen LogP contribution in [0, 0.1) is 10.8 Å². The second kappa shape index (κ2) is 3.21. The van der Waals surface area contributed by atoms with Crippen molar-refractivity contribution in [2.75, 3.05) is 26.3 Å². The topological polar surface area (TPSA) is 12.5 Å². The third kappa shape index (κ3) is 1.59. The van der Waals surface area contributed by atoms with Gasteiger partial charge in [-0.15, -0.1) is 0 Å². The Morgan fingerprint density at radius 2 is 1.93 bits per heavy atom. The van der Waals surface area contributed by atoms with Gasteiger partial charge in [-0.05, 0) is 23.8 Å². The molecule has 14 heavy (non-hydrogen) atoms. The summed E-state index contributed by atoms with van der Waals surface area (Å²) in [7, 11) is 0. The van der Waals surface area contributed by atoms with Gasteiger partial charge in [-0.1, -0.05) is 27.7 Å². The van der Waals surface area contributed by atoms with Crippen molar-refractivity contribution in [1.82, 2.24) is 4.90 Å². The second-order valence-corrected chi connectivity index (χ2v) is 6.22. The highest BCUT2D eigenvalue weighted by atomic mass is 16.5. The van der Waals surface area contributed by atoms with E-state index in [4.69, 9.17) is 4.74 Å². The Kier molecular flexibility index (Phi) is 2.39. The number of rotatable bonds is 1. The first kappa shape index (κ1) is 10.4. The lowest BCUT2D eigenvalue weighted by Crippen LogP contribution is -2.49. The van der Waals surface area contributed by atoms with Gasteiger partial charge in [-0.3, -0.25) is 4.90 Å². The van der Waals surface area contributed by atoms with Crippen molar-refractivity contribution in [2.45, 2.75) is 40.2 Å². The summed E-state index contributed by atoms with van der Waals surface area (Å²) in [5, 5.41) is 0. The molecule has 2 fully saturated rings. The third-order valence-corrected chi connectivity index (χ3v) is 4.45. The van der Waals surface area contributed by atoms with Crippen molar-refractivity contribution in [1.29, 1.82) is 0 Å². The number of likely N-dealkylation sites (tertiary alicyclic amines) is 1. The minimum absolute atomic E-state index is 0.423. The molecule has 2 saturated heterocycles. The minimum atomic E-state index is 0.423. The van der Waals surface area contributed by atoms with Gasteiger partial charge in [-0.25, -0.2) is 0 Å². The molecule has 0 amide bonds. The minimum Gasteiger partial charge on any atom is -0.378 e. The Hall–Kier alpha value is -0.0800. The van der Waals surface area contributed by atoms with Crippen LogP contribution >= 0.6 is 0 Å². The summed E-state index contributed by atoms with van der Waals surface area (Å²) in [6.45, 7) is 14.0. The molecule has 0 aromatic heterocycles. The highest BCUT2D eigenvalue weighted by Crippen LogP contribution is 2.46. The molecule has 1 unspecified atom stereocenters. The zero-order valence-corrected chi connectivity index (χ0v) is 9.97. The van der Waals surface area contributed by atoms with E-state index in [0.717, 1.165) is 19.3 Å². The van der Waals surface area contributed by atoms with Crippen LogP contribution in [0.15, 0.2) is 0 Å². The van der Waals surface area contributed by atoms with Crippen LogP contribution in [0.25, 0.3) is 0 Å². The van der Waals surface area contributed by atoms with E-state index in [9.17, 15) is 0 Å². The molecule has 0 saturated carbocycles. The Labute approximate surface area is 87.6 Å². The maximum Gasteiger partial charge on any atom is 0.0645 e. The summed E-state index contributed by atoms with van der Waals surface area (Å²) in [6, 6.07) is 0.721. The van der Waals surface area contributed by atoms with Crippen molar-refractivity contribution in [3.8, 4) is 0 Å². The molecule has 0 bridgehead atoms. The van der Waals surface area contributed by atoms with Gasteiger partial charge in [0.25, 0.3) is 0 Å². The maximum atomic E-state index is 5.26. The third-order valence-electron chi connectivity index (χ3n) is 4.45. The standard InChI is InChI=1S/C12H23NO/c1-11(2,3)12(4)5-6-13(9-12)10-7-14-8-10/h10H,5-9H2,1-4H3. The van der Waals surface area contributed by atoms with E-state index in [2.05, 4.69) is 32.6 Å². The predicted octanol–water partition coefficient (Wildman–Crippen LogP) is 2.14. The van der Waals surface area contributed by atoms with Crippen LogP contribution < -0.4 is 0 Å². The van der Waals surface area contributed by atoms with Crippen molar-refractivity contribution in [3.05, 3.63) is 0 Å². The number of hydrogen-bond acceptors (Lipinski definition) is 2. The van der Waals surface area contributed by atoms with Crippen LogP contribution in [0.3, 0.4) is 0 Å². The van der Waals surface area contributed by atoms with Crippen LogP contribution in [0.1, 0.15) is 34.1 Å². The molecular formula is C12H23NO. The van der Waals surface area contributed by atoms with Crippen LogP contribution in [-0.2, 0) is 4.74 Å². The quantitative estimate of drug-likeness (QED) is 0.638. The molecule has 0 aromatic carbocycles. The Morgan fingerprint density at radius 3 is 2.29 bits per heavy atom. The normalized spacial score (nSPS) is 36.0. The molecule has 0 N–H and O–H groups in total. The fourth-order valence-corrected chi connectivity index (χ4v) is 2.35. The zero-order chi connectivity index (χ0) is 10.4. The number of hydrogen-bond donors (Lipinski definition) is 0. The number of ether oxygens (including phenoxy) is 1. The summed E-state index contributed by atoms with van der Waals surface area (Å²) in [6.07, 6.45) is 1.34. The van der Waals surface area contributed by atoms with Gasteiger partial charge in [0.15, 0.2) is 0 Å². The fraction of sp³-hybridized carbons (Fsp3) is 1.00. The first-order chi connectivity index (χ1) is 6.42. The van der Waals surface area contributed by atoms with Crippen molar-refractivity contribution >= 4 is 0 Å². The van der Waals surface area contributed by atoms with E-state index < -0.39 is 0 Å². The SMILES string of the molecule is CC(C)(C)C1(C)CCN(C2COC2)C1. The molecule has 2 rings (SSSR count). The van der Waals surface area contributed by atoms with E-state index in [-0.39, 0.29) is 0 Å². The molecule has 0 spiro atoms. The highest BCUT2D eigenvalue weighted by Gasteiger charge is 2.45. The van der Waals surface area contributed by atoms with E-state index in [0.29, 0.717) is 10.8 Å². The molecule has 2 aliphatic heterocycles. The summed E-state index contributed by atoms with van der Waals surface area (Å²) < 4.78 is 5.26. The van der Waals surface area contributed by atoms with E-state index in [1.165, 1.54) is 19.5 Å². The summed E-state index contributed by atoms with van der Waals surface area (Å²) in [5.74, 6) is 0. The van der Waals surface area contributed by atoms with Crippen molar-refractivity contribution < 1.29 is 4.74 Å². The van der Waals surface area contributed by atoms with Gasteiger partial charge in [0.05, 0.1) is 19.3 Å². The van der Waals surface area contributed by atoms with Gasteiger partial charge in [0.1, 0.15) is 0 Å². The second-order valence-electron chi connectivity index (χ2n) is 6.22. The van der Waals surface area contributed by atoms with Gasteiger partial charge in [0.2, 0.25) is 0 Å². The first-order valence-electron chi connectivity index (χ1n) is 5.74. The van der Waals surface area contributed by atoms with Crippen molar-refractivity contribution in [2.24, 2.45) is 10.8 Å². The van der Waals surface area contributed by atoms with Crippen LogP contribution in [0.2, 0.25) is 0 Å². The Morgan fingerprint density at radius 1 is 1.29 bits per heavy atom. The molecule has 82 valence electrons. The van der Waals surface area contributed by atoms with E-state index in [1.54, 1.807) is 0 Å². The smallest absolute Gasteiger partial charge is 0.0645 e. The lowest BCUT2D eigenvalue weighted by Gasteiger charge is -2.41. The van der Waals surface area contributed by atoms with Crippen LogP contribution in [0.4, 0.5) is 0 Å². The largest absolute Gasteiger partial charge is 0.378 e. The monoisotopic (exact) mass is 197 g/mol. The molecule has 0 radical (unpaired) electrons. The molecule has 0 aromatic rings. The summed E-state index contributed by atoms with van der Waals surface area (Å²) in [5.41, 5.74) is 0.912. The van der Waals surface area contributed by atoms with Crippen LogP contribution in [-0.4, -0.2) is 37.2 Å². The van der Waals surface area contributed by atoms with Gasteiger partial charge >= 0.3 is 0 Å². The van der Waals surface area contributed by atoms with Crippen molar-refractivity contribution in [3.63, 3.8) is 0 Å². The summed E-state index contributed by atoms with van der Waals surface area (Å²) in [4.78, 5) is 2.62. The lowest BCUT2D eigenvalue weighted by atomic mass is 9.67. The van der Waals surface area contributed by atoms with E-state index >= 15 is 0 Å². The van der Waals surface area contributed by atoms with Gasteiger partial charge in [0, 0.05) is 6.54 Å². The molecular weight excluding hydrogens is 174 g/mol. The lowest BCUT2D eigenvalue weighted by molar-refractivity contribution is -0.0630. The average Bonchev–Trinajstić information content (AvgIpc) is 2.28. The maximum absolute atomic E-state index is 5.26. The molecule has 2 nitrogen and oxygen atoms in total. The average molecular weight is 197 g/mol. The first-order valence-corrected chi connectivity index (χ1v) is 5.74. The van der Waals surface area contributed by atoms with Gasteiger partial charge in [-0.2, -0.15) is 0 Å². The van der Waals surface area contributed by atoms with E-state index in [1.807, 2.05) is 0 Å². The molecule has 0 aliphatic carbocycles. The van der Waals surface area contributed by atoms with Crippen LogP contribution in [0.5, 0.6) is 0 Å². The highest BCUT2D eigenvalue weighted by molar-refractivity contribution is 4.97. The fourth-order valence-electron chi connectivity index (χ4n) is 2.35. The van der Waals surface area contributed by atoms with Gasteiger partial charge < -0.3 is 4.74 Å². The Bertz CT molecular complexity index is 217. The Balaban J connectivity index is 1.99. The molecule has 2 heteroatoms. The molecule has 1 atom stereocenters.